The van der Waals surface area contributed by atoms with E-state index >= 15 is 0 Å². The maximum absolute atomic E-state index is 13.5. The molecule has 1 aliphatic heterocycles. The first-order valence-electron chi connectivity index (χ1n) is 10.8. The Bertz CT molecular complexity index is 1540. The summed E-state index contributed by atoms with van der Waals surface area (Å²) in [6.45, 7) is 1.88. The summed E-state index contributed by atoms with van der Waals surface area (Å²) in [6, 6.07) is 18.2. The third-order valence-electron chi connectivity index (χ3n) is 6.19. The third kappa shape index (κ3) is 3.75. The molecule has 5 rings (SSSR count). The van der Waals surface area contributed by atoms with E-state index in [4.69, 9.17) is 27.9 Å². The molecule has 35 heavy (non-hydrogen) atoms. The second kappa shape index (κ2) is 8.80. The number of ether oxygens (including phenoxy) is 1. The van der Waals surface area contributed by atoms with Crippen LogP contribution in [0.2, 0.25) is 10.0 Å². The molecule has 0 radical (unpaired) electrons. The minimum atomic E-state index is -0.896. The quantitative estimate of drug-likeness (QED) is 0.190. The molecule has 1 unspecified atom stereocenters. The zero-order chi connectivity index (χ0) is 24.9. The number of anilines is 1. The van der Waals surface area contributed by atoms with Crippen molar-refractivity contribution >= 4 is 57.2 Å². The second-order valence-electron chi connectivity index (χ2n) is 8.21. The number of carbonyl (C=O) groups is 2. The van der Waals surface area contributed by atoms with E-state index in [9.17, 15) is 14.7 Å². The number of para-hydroxylation sites is 1. The molecule has 1 aromatic heterocycles. The number of H-pyrrole nitrogens is 1. The summed E-state index contributed by atoms with van der Waals surface area (Å²) in [5, 5.41) is 12.7. The highest BCUT2D eigenvalue weighted by molar-refractivity contribution is 6.52. The van der Waals surface area contributed by atoms with Crippen LogP contribution in [0.3, 0.4) is 0 Å². The fourth-order valence-corrected chi connectivity index (χ4v) is 4.88. The third-order valence-corrected chi connectivity index (χ3v) is 6.92. The molecule has 0 saturated carbocycles. The van der Waals surface area contributed by atoms with Crippen molar-refractivity contribution in [3.63, 3.8) is 0 Å². The summed E-state index contributed by atoms with van der Waals surface area (Å²) in [6.07, 6.45) is 0. The van der Waals surface area contributed by atoms with Gasteiger partial charge in [0.25, 0.3) is 11.7 Å². The molecule has 3 aromatic carbocycles. The molecule has 176 valence electrons. The molecular formula is C27H20Cl2N2O4. The van der Waals surface area contributed by atoms with Crippen LogP contribution in [0, 0.1) is 6.92 Å². The fourth-order valence-electron chi connectivity index (χ4n) is 4.58. The number of aliphatic hydroxyl groups is 1. The molecule has 1 aliphatic rings. The summed E-state index contributed by atoms with van der Waals surface area (Å²) < 4.78 is 5.35. The largest absolute Gasteiger partial charge is 0.507 e. The van der Waals surface area contributed by atoms with Gasteiger partial charge in [-0.25, -0.2) is 0 Å². The number of halogens is 2. The lowest BCUT2D eigenvalue weighted by atomic mass is 9.93. The fraction of sp³-hybridized carbons (Fsp3) is 0.111. The van der Waals surface area contributed by atoms with Crippen molar-refractivity contribution < 1.29 is 19.4 Å². The van der Waals surface area contributed by atoms with Gasteiger partial charge in [0.15, 0.2) is 0 Å². The minimum Gasteiger partial charge on any atom is -0.507 e. The number of aromatic nitrogens is 1. The molecule has 8 heteroatoms. The predicted molar refractivity (Wildman–Crippen MR) is 137 cm³/mol. The Morgan fingerprint density at radius 3 is 2.51 bits per heavy atom. The molecular weight excluding hydrogens is 487 g/mol. The van der Waals surface area contributed by atoms with E-state index in [0.717, 1.165) is 16.6 Å². The number of hydrogen-bond donors (Lipinski definition) is 2. The number of fused-ring (bicyclic) bond motifs is 1. The normalized spacial score (nSPS) is 17.4. The predicted octanol–water partition coefficient (Wildman–Crippen LogP) is 6.42. The molecule has 0 bridgehead atoms. The van der Waals surface area contributed by atoms with Gasteiger partial charge in [-0.05, 0) is 43.3 Å². The van der Waals surface area contributed by atoms with Gasteiger partial charge in [-0.3, -0.25) is 14.5 Å². The molecule has 4 aromatic rings. The number of amides is 1. The topological polar surface area (TPSA) is 82.6 Å². The van der Waals surface area contributed by atoms with E-state index < -0.39 is 17.7 Å². The number of aliphatic hydroxyl groups excluding tert-OH is 1. The summed E-state index contributed by atoms with van der Waals surface area (Å²) in [7, 11) is 1.53. The summed E-state index contributed by atoms with van der Waals surface area (Å²) in [5.74, 6) is -1.36. The van der Waals surface area contributed by atoms with Crippen LogP contribution in [0.1, 0.15) is 22.9 Å². The number of nitrogens with zero attached hydrogens (tertiary/aromatic N) is 1. The van der Waals surface area contributed by atoms with Gasteiger partial charge < -0.3 is 14.8 Å². The molecule has 1 fully saturated rings. The first-order valence-corrected chi connectivity index (χ1v) is 11.5. The first-order chi connectivity index (χ1) is 16.8. The zero-order valence-electron chi connectivity index (χ0n) is 18.8. The molecule has 1 atom stereocenters. The number of rotatable bonds is 4. The number of methoxy groups -OCH3 is 1. The number of aryl methyl sites for hydroxylation is 1. The molecule has 2 heterocycles. The molecule has 6 nitrogen and oxygen atoms in total. The molecule has 2 N–H and O–H groups in total. The molecule has 1 amide bonds. The smallest absolute Gasteiger partial charge is 0.300 e. The standard InChI is InChI=1S/C27H20Cl2N2O4/c1-14-22(18-8-3-4-9-21(18)30-14)24-23(25(32)15-10-11-19(28)20(29)12-15)26(33)27(34)31(24)16-6-5-7-17(13-16)35-2/h3-13,24,30,32H,1-2H3/b25-23+. The SMILES string of the molecule is COc1cccc(N2C(=O)C(=O)/C(=C(/O)c3ccc(Cl)c(Cl)c3)C2c2c(C)[nH]c3ccccc23)c1. The van der Waals surface area contributed by atoms with Crippen LogP contribution in [0.15, 0.2) is 72.3 Å². The van der Waals surface area contributed by atoms with E-state index in [1.807, 2.05) is 31.2 Å². The Morgan fingerprint density at radius 2 is 1.77 bits per heavy atom. The zero-order valence-corrected chi connectivity index (χ0v) is 20.3. The van der Waals surface area contributed by atoms with Gasteiger partial charge in [-0.1, -0.05) is 47.5 Å². The Morgan fingerprint density at radius 1 is 1.00 bits per heavy atom. The van der Waals surface area contributed by atoms with Crippen molar-refractivity contribution in [3.8, 4) is 5.75 Å². The maximum Gasteiger partial charge on any atom is 0.300 e. The van der Waals surface area contributed by atoms with Crippen molar-refractivity contribution in [2.24, 2.45) is 0 Å². The number of hydrogen-bond acceptors (Lipinski definition) is 4. The number of nitrogens with one attached hydrogen (secondary N) is 1. The number of ketones is 1. The highest BCUT2D eigenvalue weighted by atomic mass is 35.5. The van der Waals surface area contributed by atoms with Crippen LogP contribution < -0.4 is 9.64 Å². The lowest BCUT2D eigenvalue weighted by Crippen LogP contribution is -2.29. The summed E-state index contributed by atoms with van der Waals surface area (Å²) >= 11 is 12.2. The van der Waals surface area contributed by atoms with Gasteiger partial charge in [0.1, 0.15) is 11.5 Å². The van der Waals surface area contributed by atoms with Crippen molar-refractivity contribution in [1.29, 1.82) is 0 Å². The second-order valence-corrected chi connectivity index (χ2v) is 9.02. The van der Waals surface area contributed by atoms with Gasteiger partial charge >= 0.3 is 0 Å². The minimum absolute atomic E-state index is 0.0379. The first kappa shape index (κ1) is 23.0. The summed E-state index contributed by atoms with van der Waals surface area (Å²) in [5.41, 5.74) is 3.05. The molecule has 1 saturated heterocycles. The van der Waals surface area contributed by atoms with Crippen LogP contribution in [0.4, 0.5) is 5.69 Å². The van der Waals surface area contributed by atoms with Crippen molar-refractivity contribution in [1.82, 2.24) is 4.98 Å². The monoisotopic (exact) mass is 506 g/mol. The highest BCUT2D eigenvalue weighted by Crippen LogP contribution is 2.46. The van der Waals surface area contributed by atoms with Crippen molar-refractivity contribution in [2.75, 3.05) is 12.0 Å². The van der Waals surface area contributed by atoms with Gasteiger partial charge in [0.05, 0.1) is 28.8 Å². The lowest BCUT2D eigenvalue weighted by Gasteiger charge is -2.26. The van der Waals surface area contributed by atoms with Crippen LogP contribution in [0.25, 0.3) is 16.7 Å². The van der Waals surface area contributed by atoms with E-state index in [2.05, 4.69) is 4.98 Å². The lowest BCUT2D eigenvalue weighted by molar-refractivity contribution is -0.132. The van der Waals surface area contributed by atoms with Crippen LogP contribution >= 0.6 is 23.2 Å². The van der Waals surface area contributed by atoms with E-state index in [-0.39, 0.29) is 21.9 Å². The summed E-state index contributed by atoms with van der Waals surface area (Å²) in [4.78, 5) is 31.6. The van der Waals surface area contributed by atoms with Gasteiger partial charge in [-0.2, -0.15) is 0 Å². The Labute approximate surface area is 211 Å². The number of carbonyl (C=O) groups excluding carboxylic acids is 2. The number of Topliss-reactive ketones (excluding diaryl/α,β-unsaturated/α-hetero) is 1. The molecule has 0 aliphatic carbocycles. The maximum atomic E-state index is 13.5. The average molecular weight is 507 g/mol. The van der Waals surface area contributed by atoms with Crippen LogP contribution in [0.5, 0.6) is 5.75 Å². The van der Waals surface area contributed by atoms with Crippen LogP contribution in [-0.4, -0.2) is 28.9 Å². The molecule has 0 spiro atoms. The van der Waals surface area contributed by atoms with E-state index in [1.165, 1.54) is 24.1 Å². The number of aromatic amines is 1. The van der Waals surface area contributed by atoms with Gasteiger partial charge in [0.2, 0.25) is 0 Å². The van der Waals surface area contributed by atoms with Crippen molar-refractivity contribution in [3.05, 3.63) is 99.2 Å². The van der Waals surface area contributed by atoms with Gasteiger partial charge in [0, 0.05) is 39.5 Å². The average Bonchev–Trinajstić information content (AvgIpc) is 3.32. The number of benzene rings is 3. The van der Waals surface area contributed by atoms with E-state index in [1.54, 1.807) is 30.3 Å². The Balaban J connectivity index is 1.82. The highest BCUT2D eigenvalue weighted by Gasteiger charge is 2.48. The van der Waals surface area contributed by atoms with Crippen LogP contribution in [-0.2, 0) is 9.59 Å². The Kier molecular flexibility index (Phi) is 5.79. The Hall–Kier alpha value is -3.74. The van der Waals surface area contributed by atoms with Crippen molar-refractivity contribution in [2.45, 2.75) is 13.0 Å². The van der Waals surface area contributed by atoms with Gasteiger partial charge in [-0.15, -0.1) is 0 Å². The van der Waals surface area contributed by atoms with E-state index in [0.29, 0.717) is 22.0 Å².